The minimum absolute atomic E-state index is 0.00653. The highest BCUT2D eigenvalue weighted by atomic mass is 16.2. The van der Waals surface area contributed by atoms with Gasteiger partial charge in [-0.25, -0.2) is 4.98 Å². The number of amides is 1. The zero-order chi connectivity index (χ0) is 18.5. The van der Waals surface area contributed by atoms with Gasteiger partial charge in [0.25, 0.3) is 5.91 Å². The monoisotopic (exact) mass is 352 g/mol. The predicted octanol–water partition coefficient (Wildman–Crippen LogP) is 3.20. The number of aryl methyl sites for hydroxylation is 1. The van der Waals surface area contributed by atoms with Crippen LogP contribution in [0.4, 0.5) is 11.5 Å². The number of carbonyl (C=O) groups is 1. The summed E-state index contributed by atoms with van der Waals surface area (Å²) < 4.78 is 0. The van der Waals surface area contributed by atoms with E-state index in [4.69, 9.17) is 0 Å². The molecule has 0 saturated carbocycles. The van der Waals surface area contributed by atoms with Crippen molar-refractivity contribution in [3.8, 4) is 0 Å². The van der Waals surface area contributed by atoms with Crippen molar-refractivity contribution in [1.82, 2.24) is 9.88 Å². The Bertz CT molecular complexity index is 736. The van der Waals surface area contributed by atoms with Gasteiger partial charge in [-0.2, -0.15) is 0 Å². The second kappa shape index (κ2) is 8.32. The van der Waals surface area contributed by atoms with Crippen molar-refractivity contribution in [3.05, 3.63) is 53.7 Å². The van der Waals surface area contributed by atoms with Gasteiger partial charge in [-0.05, 0) is 50.2 Å². The number of hydrogen-bond donors (Lipinski definition) is 0. The maximum atomic E-state index is 12.9. The molecule has 1 aromatic heterocycles. The van der Waals surface area contributed by atoms with Crippen LogP contribution in [0, 0.1) is 6.92 Å². The Morgan fingerprint density at radius 2 is 1.88 bits per heavy atom. The molecule has 0 aliphatic carbocycles. The number of benzene rings is 1. The van der Waals surface area contributed by atoms with Crippen LogP contribution in [0.25, 0.3) is 0 Å². The van der Waals surface area contributed by atoms with Gasteiger partial charge in [0, 0.05) is 44.6 Å². The molecule has 2 aromatic rings. The Hall–Kier alpha value is -2.40. The van der Waals surface area contributed by atoms with E-state index in [9.17, 15) is 4.79 Å². The minimum atomic E-state index is -0.00653. The van der Waals surface area contributed by atoms with E-state index >= 15 is 0 Å². The fraction of sp³-hybridized carbons (Fsp3) is 0.429. The summed E-state index contributed by atoms with van der Waals surface area (Å²) in [6, 6.07) is 11.9. The molecule has 0 atom stereocenters. The summed E-state index contributed by atoms with van der Waals surface area (Å²) in [6.45, 7) is 12.1. The molecule has 26 heavy (non-hydrogen) atoms. The average molecular weight is 352 g/mol. The molecule has 138 valence electrons. The van der Waals surface area contributed by atoms with Gasteiger partial charge in [-0.3, -0.25) is 4.79 Å². The summed E-state index contributed by atoms with van der Waals surface area (Å²) in [5.74, 6) is 0.948. The molecule has 5 heteroatoms. The summed E-state index contributed by atoms with van der Waals surface area (Å²) in [6.07, 6.45) is 1.71. The van der Waals surface area contributed by atoms with E-state index in [2.05, 4.69) is 21.7 Å². The molecular weight excluding hydrogens is 324 g/mol. The van der Waals surface area contributed by atoms with Crippen molar-refractivity contribution in [2.45, 2.75) is 20.8 Å². The summed E-state index contributed by atoms with van der Waals surface area (Å²) >= 11 is 0. The second-order valence-electron chi connectivity index (χ2n) is 6.71. The van der Waals surface area contributed by atoms with E-state index in [0.29, 0.717) is 12.1 Å². The maximum absolute atomic E-state index is 12.9. The highest BCUT2D eigenvalue weighted by Crippen LogP contribution is 2.20. The number of aromatic nitrogens is 1. The second-order valence-corrected chi connectivity index (χ2v) is 6.71. The fourth-order valence-electron chi connectivity index (χ4n) is 3.39. The average Bonchev–Trinajstić information content (AvgIpc) is 2.69. The fourth-order valence-corrected chi connectivity index (χ4v) is 3.39. The van der Waals surface area contributed by atoms with E-state index in [1.165, 1.54) is 0 Å². The first-order valence-corrected chi connectivity index (χ1v) is 9.44. The van der Waals surface area contributed by atoms with E-state index in [1.54, 1.807) is 11.1 Å². The molecule has 0 radical (unpaired) electrons. The highest BCUT2D eigenvalue weighted by molar-refractivity contribution is 6.06. The molecule has 3 rings (SSSR count). The van der Waals surface area contributed by atoms with Crippen LogP contribution < -0.4 is 9.80 Å². The molecule has 0 unspecified atom stereocenters. The van der Waals surface area contributed by atoms with Gasteiger partial charge in [-0.15, -0.1) is 0 Å². The predicted molar refractivity (Wildman–Crippen MR) is 107 cm³/mol. The van der Waals surface area contributed by atoms with E-state index < -0.39 is 0 Å². The normalized spacial score (nSPS) is 15.1. The lowest BCUT2D eigenvalue weighted by Crippen LogP contribution is -2.46. The Kier molecular flexibility index (Phi) is 5.89. The SMILES string of the molecule is CCN1CCN(c2ccc(C(=O)N(CC)c3cccc(C)c3)cn2)CC1. The van der Waals surface area contributed by atoms with Crippen LogP contribution in [0.15, 0.2) is 42.6 Å². The number of anilines is 2. The van der Waals surface area contributed by atoms with Gasteiger partial charge in [-0.1, -0.05) is 19.1 Å². The number of pyridine rings is 1. The minimum Gasteiger partial charge on any atom is -0.354 e. The third-order valence-corrected chi connectivity index (χ3v) is 5.01. The van der Waals surface area contributed by atoms with Gasteiger partial charge < -0.3 is 14.7 Å². The van der Waals surface area contributed by atoms with Gasteiger partial charge in [0.2, 0.25) is 0 Å². The molecule has 1 aliphatic rings. The summed E-state index contributed by atoms with van der Waals surface area (Å²) in [7, 11) is 0. The van der Waals surface area contributed by atoms with Crippen LogP contribution in [-0.2, 0) is 0 Å². The largest absolute Gasteiger partial charge is 0.354 e. The molecule has 1 aliphatic heterocycles. The Labute approximate surface area is 156 Å². The number of likely N-dealkylation sites (N-methyl/N-ethyl adjacent to an activating group) is 1. The first-order chi connectivity index (χ1) is 12.6. The Balaban J connectivity index is 1.72. The lowest BCUT2D eigenvalue weighted by molar-refractivity contribution is 0.0988. The topological polar surface area (TPSA) is 39.7 Å². The zero-order valence-corrected chi connectivity index (χ0v) is 16.0. The number of piperazine rings is 1. The van der Waals surface area contributed by atoms with Crippen LogP contribution >= 0.6 is 0 Å². The molecule has 1 saturated heterocycles. The lowest BCUT2D eigenvalue weighted by atomic mass is 10.1. The molecule has 1 fully saturated rings. The molecule has 1 amide bonds. The lowest BCUT2D eigenvalue weighted by Gasteiger charge is -2.34. The molecule has 0 bridgehead atoms. The van der Waals surface area contributed by atoms with Crippen LogP contribution in [0.3, 0.4) is 0 Å². The summed E-state index contributed by atoms with van der Waals surface area (Å²) in [4.78, 5) is 24.0. The smallest absolute Gasteiger partial charge is 0.259 e. The van der Waals surface area contributed by atoms with Crippen LogP contribution in [0.2, 0.25) is 0 Å². The Morgan fingerprint density at radius 3 is 2.46 bits per heavy atom. The molecule has 2 heterocycles. The van der Waals surface area contributed by atoms with Gasteiger partial charge in [0.1, 0.15) is 5.82 Å². The maximum Gasteiger partial charge on any atom is 0.259 e. The first-order valence-electron chi connectivity index (χ1n) is 9.44. The number of carbonyl (C=O) groups excluding carboxylic acids is 1. The zero-order valence-electron chi connectivity index (χ0n) is 16.0. The van der Waals surface area contributed by atoms with E-state index in [0.717, 1.165) is 49.8 Å². The molecule has 1 aromatic carbocycles. The van der Waals surface area contributed by atoms with Gasteiger partial charge >= 0.3 is 0 Å². The third kappa shape index (κ3) is 4.05. The first kappa shape index (κ1) is 18.4. The van der Waals surface area contributed by atoms with Crippen LogP contribution in [-0.4, -0.2) is 55.1 Å². The quantitative estimate of drug-likeness (QED) is 0.828. The summed E-state index contributed by atoms with van der Waals surface area (Å²) in [5.41, 5.74) is 2.70. The number of rotatable bonds is 5. The van der Waals surface area contributed by atoms with Gasteiger partial charge in [0.15, 0.2) is 0 Å². The number of nitrogens with zero attached hydrogens (tertiary/aromatic N) is 4. The van der Waals surface area contributed by atoms with Crippen molar-refractivity contribution < 1.29 is 4.79 Å². The van der Waals surface area contributed by atoms with Crippen molar-refractivity contribution >= 4 is 17.4 Å². The van der Waals surface area contributed by atoms with Crippen LogP contribution in [0.1, 0.15) is 29.8 Å². The van der Waals surface area contributed by atoms with E-state index in [1.807, 2.05) is 50.2 Å². The van der Waals surface area contributed by atoms with Crippen LogP contribution in [0.5, 0.6) is 0 Å². The molecular formula is C21H28N4O. The van der Waals surface area contributed by atoms with Crippen molar-refractivity contribution in [2.24, 2.45) is 0 Å². The third-order valence-electron chi connectivity index (χ3n) is 5.01. The van der Waals surface area contributed by atoms with Gasteiger partial charge in [0.05, 0.1) is 5.56 Å². The van der Waals surface area contributed by atoms with Crippen molar-refractivity contribution in [2.75, 3.05) is 49.1 Å². The molecule has 5 nitrogen and oxygen atoms in total. The van der Waals surface area contributed by atoms with Crippen molar-refractivity contribution in [3.63, 3.8) is 0 Å². The molecule has 0 spiro atoms. The Morgan fingerprint density at radius 1 is 1.12 bits per heavy atom. The van der Waals surface area contributed by atoms with E-state index in [-0.39, 0.29) is 5.91 Å². The number of hydrogen-bond acceptors (Lipinski definition) is 4. The summed E-state index contributed by atoms with van der Waals surface area (Å²) in [5, 5.41) is 0. The standard InChI is InChI=1S/C21H28N4O/c1-4-23-11-13-24(14-12-23)20-10-9-18(16-22-20)21(26)25(5-2)19-8-6-7-17(3)15-19/h6-10,15-16H,4-5,11-14H2,1-3H3. The molecule has 0 N–H and O–H groups in total. The van der Waals surface area contributed by atoms with Crippen molar-refractivity contribution in [1.29, 1.82) is 0 Å². The highest BCUT2D eigenvalue weighted by Gasteiger charge is 2.19.